The number of ether oxygens (including phenoxy) is 4. The highest BCUT2D eigenvalue weighted by molar-refractivity contribution is 5.97. The SMILES string of the molecule is CCOc1ccc(C(=O)COc2c(-c3ccc(OC)c(OC)c3)oc3ccccc3c2=O)cc1. The first-order valence-corrected chi connectivity index (χ1v) is 10.7. The molecule has 7 heteroatoms. The molecule has 0 saturated heterocycles. The van der Waals surface area contributed by atoms with Gasteiger partial charge in [0.1, 0.15) is 11.3 Å². The summed E-state index contributed by atoms with van der Waals surface area (Å²) < 4.78 is 28.0. The van der Waals surface area contributed by atoms with Crippen LogP contribution in [0.5, 0.6) is 23.0 Å². The standard InChI is InChI=1S/C27H24O7/c1-4-32-19-12-9-17(10-13-19)21(28)16-33-27-25(29)20-7-5-6-8-22(20)34-26(27)18-11-14-23(30-2)24(15-18)31-3/h5-15H,4,16H2,1-3H3. The zero-order valence-corrected chi connectivity index (χ0v) is 19.1. The van der Waals surface area contributed by atoms with Crippen LogP contribution in [0, 0.1) is 0 Å². The molecule has 1 aromatic heterocycles. The average Bonchev–Trinajstić information content (AvgIpc) is 2.88. The number of ketones is 1. The molecule has 1 heterocycles. The highest BCUT2D eigenvalue weighted by Gasteiger charge is 2.20. The normalized spacial score (nSPS) is 10.7. The van der Waals surface area contributed by atoms with Crippen molar-refractivity contribution in [3.8, 4) is 34.3 Å². The third-order valence-corrected chi connectivity index (χ3v) is 5.24. The zero-order chi connectivity index (χ0) is 24.1. The Bertz CT molecular complexity index is 1370. The molecule has 0 spiro atoms. The highest BCUT2D eigenvalue weighted by atomic mass is 16.5. The number of fused-ring (bicyclic) bond motifs is 1. The lowest BCUT2D eigenvalue weighted by molar-refractivity contribution is 0.0920. The van der Waals surface area contributed by atoms with Gasteiger partial charge >= 0.3 is 0 Å². The van der Waals surface area contributed by atoms with Crippen molar-refractivity contribution in [2.45, 2.75) is 6.92 Å². The van der Waals surface area contributed by atoms with E-state index in [1.54, 1.807) is 66.7 Å². The monoisotopic (exact) mass is 460 g/mol. The number of hydrogen-bond acceptors (Lipinski definition) is 7. The van der Waals surface area contributed by atoms with Gasteiger partial charge in [-0.2, -0.15) is 0 Å². The van der Waals surface area contributed by atoms with Gasteiger partial charge in [0, 0.05) is 11.1 Å². The van der Waals surface area contributed by atoms with Gasteiger partial charge < -0.3 is 23.4 Å². The molecule has 0 amide bonds. The summed E-state index contributed by atoms with van der Waals surface area (Å²) in [5.74, 6) is 1.53. The summed E-state index contributed by atoms with van der Waals surface area (Å²) in [5, 5.41) is 0.357. The van der Waals surface area contributed by atoms with Gasteiger partial charge in [0.05, 0.1) is 26.2 Å². The van der Waals surface area contributed by atoms with E-state index < -0.39 is 0 Å². The van der Waals surface area contributed by atoms with Crippen molar-refractivity contribution in [3.05, 3.63) is 82.5 Å². The zero-order valence-electron chi connectivity index (χ0n) is 19.1. The van der Waals surface area contributed by atoms with Gasteiger partial charge in [-0.3, -0.25) is 9.59 Å². The molecular weight excluding hydrogens is 436 g/mol. The van der Waals surface area contributed by atoms with Crippen molar-refractivity contribution in [1.29, 1.82) is 0 Å². The fraction of sp³-hybridized carbons (Fsp3) is 0.185. The molecule has 4 rings (SSSR count). The van der Waals surface area contributed by atoms with Gasteiger partial charge in [-0.15, -0.1) is 0 Å². The Balaban J connectivity index is 1.72. The lowest BCUT2D eigenvalue weighted by Gasteiger charge is -2.13. The maximum atomic E-state index is 13.3. The van der Waals surface area contributed by atoms with Gasteiger partial charge in [0.25, 0.3) is 0 Å². The number of Topliss-reactive ketones (excluding diaryl/α,β-unsaturated/α-hetero) is 1. The fourth-order valence-electron chi connectivity index (χ4n) is 3.55. The maximum absolute atomic E-state index is 13.3. The molecule has 4 aromatic rings. The summed E-state index contributed by atoms with van der Waals surface area (Å²) in [6, 6.07) is 18.8. The van der Waals surface area contributed by atoms with Crippen molar-refractivity contribution < 1.29 is 28.2 Å². The van der Waals surface area contributed by atoms with Crippen LogP contribution in [0.3, 0.4) is 0 Å². The van der Waals surface area contributed by atoms with E-state index in [9.17, 15) is 9.59 Å². The number of para-hydroxylation sites is 1. The van der Waals surface area contributed by atoms with Crippen molar-refractivity contribution in [1.82, 2.24) is 0 Å². The van der Waals surface area contributed by atoms with Gasteiger partial charge in [-0.1, -0.05) is 12.1 Å². The number of benzene rings is 3. The van der Waals surface area contributed by atoms with Crippen LogP contribution < -0.4 is 24.4 Å². The molecule has 0 fully saturated rings. The molecule has 0 aliphatic heterocycles. The summed E-state index contributed by atoms with van der Waals surface area (Å²) in [6.45, 7) is 2.09. The minimum atomic E-state index is -0.369. The quantitative estimate of drug-likeness (QED) is 0.320. The first kappa shape index (κ1) is 22.9. The number of rotatable bonds is 9. The molecule has 0 saturated carbocycles. The van der Waals surface area contributed by atoms with E-state index in [-0.39, 0.29) is 29.3 Å². The second kappa shape index (κ2) is 10.1. The Hall–Kier alpha value is -4.26. The molecule has 0 radical (unpaired) electrons. The van der Waals surface area contributed by atoms with E-state index in [2.05, 4.69) is 0 Å². The predicted molar refractivity (Wildman–Crippen MR) is 128 cm³/mol. The Morgan fingerprint density at radius 1 is 0.882 bits per heavy atom. The van der Waals surface area contributed by atoms with E-state index in [4.69, 9.17) is 23.4 Å². The Labute approximate surface area is 196 Å². The van der Waals surface area contributed by atoms with Gasteiger partial charge in [0.15, 0.2) is 29.6 Å². The van der Waals surface area contributed by atoms with Crippen LogP contribution in [-0.4, -0.2) is 33.2 Å². The second-order valence-corrected chi connectivity index (χ2v) is 7.32. The van der Waals surface area contributed by atoms with E-state index in [0.29, 0.717) is 46.0 Å². The summed E-state index contributed by atoms with van der Waals surface area (Å²) >= 11 is 0. The molecule has 0 aliphatic rings. The lowest BCUT2D eigenvalue weighted by Crippen LogP contribution is -2.17. The molecule has 0 N–H and O–H groups in total. The van der Waals surface area contributed by atoms with Crippen molar-refractivity contribution in [2.24, 2.45) is 0 Å². The van der Waals surface area contributed by atoms with Crippen molar-refractivity contribution >= 4 is 16.8 Å². The molecule has 0 unspecified atom stereocenters. The van der Waals surface area contributed by atoms with Gasteiger partial charge in [-0.05, 0) is 61.5 Å². The second-order valence-electron chi connectivity index (χ2n) is 7.32. The molecule has 34 heavy (non-hydrogen) atoms. The van der Waals surface area contributed by atoms with Crippen molar-refractivity contribution in [2.75, 3.05) is 27.4 Å². The molecular formula is C27H24O7. The number of carbonyl (C=O) groups is 1. The van der Waals surface area contributed by atoms with E-state index >= 15 is 0 Å². The number of hydrogen-bond donors (Lipinski definition) is 0. The molecule has 174 valence electrons. The molecule has 0 atom stereocenters. The van der Waals surface area contributed by atoms with Crippen LogP contribution in [0.2, 0.25) is 0 Å². The first-order chi connectivity index (χ1) is 16.5. The van der Waals surface area contributed by atoms with Crippen LogP contribution in [0.1, 0.15) is 17.3 Å². The third-order valence-electron chi connectivity index (χ3n) is 5.24. The maximum Gasteiger partial charge on any atom is 0.235 e. The molecule has 0 aliphatic carbocycles. The average molecular weight is 460 g/mol. The largest absolute Gasteiger partial charge is 0.494 e. The van der Waals surface area contributed by atoms with E-state index in [0.717, 1.165) is 0 Å². The summed E-state index contributed by atoms with van der Waals surface area (Å²) in [7, 11) is 3.06. The first-order valence-electron chi connectivity index (χ1n) is 10.7. The van der Waals surface area contributed by atoms with Gasteiger partial charge in [0.2, 0.25) is 11.2 Å². The van der Waals surface area contributed by atoms with Crippen LogP contribution in [-0.2, 0) is 0 Å². The Kier molecular flexibility index (Phi) is 6.82. The minimum Gasteiger partial charge on any atom is -0.494 e. The Morgan fingerprint density at radius 3 is 2.32 bits per heavy atom. The summed E-state index contributed by atoms with van der Waals surface area (Å²) in [4.78, 5) is 26.1. The summed E-state index contributed by atoms with van der Waals surface area (Å²) in [6.07, 6.45) is 0. The van der Waals surface area contributed by atoms with E-state index in [1.807, 2.05) is 6.92 Å². The fourth-order valence-corrected chi connectivity index (χ4v) is 3.55. The number of methoxy groups -OCH3 is 2. The molecule has 0 bridgehead atoms. The van der Waals surface area contributed by atoms with Gasteiger partial charge in [-0.25, -0.2) is 0 Å². The minimum absolute atomic E-state index is 0.0507. The summed E-state index contributed by atoms with van der Waals surface area (Å²) in [5.41, 5.74) is 1.03. The predicted octanol–water partition coefficient (Wildman–Crippen LogP) is 5.14. The Morgan fingerprint density at radius 2 is 1.62 bits per heavy atom. The third kappa shape index (κ3) is 4.59. The van der Waals surface area contributed by atoms with Crippen LogP contribution in [0.25, 0.3) is 22.3 Å². The number of carbonyl (C=O) groups excluding carboxylic acids is 1. The smallest absolute Gasteiger partial charge is 0.235 e. The van der Waals surface area contributed by atoms with Crippen molar-refractivity contribution in [3.63, 3.8) is 0 Å². The lowest BCUT2D eigenvalue weighted by atomic mass is 10.1. The highest BCUT2D eigenvalue weighted by Crippen LogP contribution is 2.36. The topological polar surface area (TPSA) is 84.2 Å². The van der Waals surface area contributed by atoms with Crippen LogP contribution in [0.4, 0.5) is 0 Å². The molecule has 3 aromatic carbocycles. The molecule has 7 nitrogen and oxygen atoms in total. The van der Waals surface area contributed by atoms with Crippen LogP contribution in [0.15, 0.2) is 75.9 Å². The van der Waals surface area contributed by atoms with Crippen LogP contribution >= 0.6 is 0 Å². The van der Waals surface area contributed by atoms with E-state index in [1.165, 1.54) is 14.2 Å².